The number of halogens is 2. The van der Waals surface area contributed by atoms with E-state index in [0.29, 0.717) is 16.1 Å². The molecule has 0 aliphatic carbocycles. The Hall–Kier alpha value is -0.940. The first-order valence-corrected chi connectivity index (χ1v) is 7.68. The van der Waals surface area contributed by atoms with E-state index < -0.39 is 5.41 Å². The van der Waals surface area contributed by atoms with Gasteiger partial charge >= 0.3 is 0 Å². The van der Waals surface area contributed by atoms with Crippen molar-refractivity contribution in [3.05, 3.63) is 28.5 Å². The summed E-state index contributed by atoms with van der Waals surface area (Å²) < 4.78 is 14.0. The van der Waals surface area contributed by atoms with Gasteiger partial charge in [0.2, 0.25) is 5.91 Å². The first-order valence-electron chi connectivity index (χ1n) is 6.88. The topological polar surface area (TPSA) is 41.1 Å². The molecular formula is C15H20BrFN2O. The maximum atomic E-state index is 13.3. The number of benzene rings is 1. The molecule has 2 N–H and O–H groups in total. The zero-order valence-electron chi connectivity index (χ0n) is 11.8. The van der Waals surface area contributed by atoms with Crippen molar-refractivity contribution in [2.24, 2.45) is 11.3 Å². The number of carbonyl (C=O) groups is 1. The van der Waals surface area contributed by atoms with Crippen LogP contribution in [0, 0.1) is 17.2 Å². The maximum absolute atomic E-state index is 13.3. The zero-order valence-corrected chi connectivity index (χ0v) is 13.4. The molecule has 0 aromatic heterocycles. The van der Waals surface area contributed by atoms with E-state index in [1.165, 1.54) is 12.1 Å². The van der Waals surface area contributed by atoms with Crippen molar-refractivity contribution >= 4 is 27.5 Å². The lowest BCUT2D eigenvalue weighted by Gasteiger charge is -2.36. The Kier molecular flexibility index (Phi) is 4.81. The number of nitrogens with one attached hydrogen (secondary N) is 2. The highest BCUT2D eigenvalue weighted by atomic mass is 79.9. The van der Waals surface area contributed by atoms with Gasteiger partial charge in [0.1, 0.15) is 5.82 Å². The molecule has 1 amide bonds. The average Bonchev–Trinajstić information content (AvgIpc) is 2.43. The molecule has 1 aromatic carbocycles. The van der Waals surface area contributed by atoms with E-state index in [0.717, 1.165) is 25.9 Å². The van der Waals surface area contributed by atoms with Gasteiger partial charge < -0.3 is 10.6 Å². The molecule has 2 rings (SSSR count). The van der Waals surface area contributed by atoms with Gasteiger partial charge in [0.05, 0.1) is 5.69 Å². The molecule has 0 spiro atoms. The SMILES string of the molecule is CC(C)(C(=O)Nc1cc(F)ccc1Br)C1CCCNC1. The van der Waals surface area contributed by atoms with Crippen molar-refractivity contribution in [1.82, 2.24) is 5.32 Å². The smallest absolute Gasteiger partial charge is 0.230 e. The lowest BCUT2D eigenvalue weighted by atomic mass is 9.74. The zero-order chi connectivity index (χ0) is 14.8. The molecule has 0 saturated carbocycles. The largest absolute Gasteiger partial charge is 0.324 e. The molecule has 1 aliphatic heterocycles. The summed E-state index contributed by atoms with van der Waals surface area (Å²) in [5.41, 5.74) is -0.00837. The molecule has 20 heavy (non-hydrogen) atoms. The summed E-state index contributed by atoms with van der Waals surface area (Å²) in [6, 6.07) is 4.28. The van der Waals surface area contributed by atoms with Gasteiger partial charge in [-0.1, -0.05) is 13.8 Å². The molecule has 3 nitrogen and oxygen atoms in total. The second kappa shape index (κ2) is 6.22. The van der Waals surface area contributed by atoms with E-state index >= 15 is 0 Å². The normalized spacial score (nSPS) is 19.7. The molecule has 5 heteroatoms. The minimum absolute atomic E-state index is 0.0718. The van der Waals surface area contributed by atoms with Crippen LogP contribution < -0.4 is 10.6 Å². The molecule has 1 aromatic rings. The second-order valence-electron chi connectivity index (χ2n) is 5.84. The summed E-state index contributed by atoms with van der Waals surface area (Å²) in [6.45, 7) is 5.77. The summed E-state index contributed by atoms with van der Waals surface area (Å²) in [7, 11) is 0. The lowest BCUT2D eigenvalue weighted by molar-refractivity contribution is -0.127. The molecular weight excluding hydrogens is 323 g/mol. The molecule has 0 radical (unpaired) electrons. The standard InChI is InChI=1S/C15H20BrFN2O/c1-15(2,10-4-3-7-18-9-10)14(20)19-13-8-11(17)5-6-12(13)16/h5-6,8,10,18H,3-4,7,9H2,1-2H3,(H,19,20). The van der Waals surface area contributed by atoms with Crippen molar-refractivity contribution in [3.63, 3.8) is 0 Å². The Morgan fingerprint density at radius 1 is 1.50 bits per heavy atom. The van der Waals surface area contributed by atoms with Gasteiger partial charge in [0.25, 0.3) is 0 Å². The molecule has 1 aliphatic rings. The third-order valence-electron chi connectivity index (χ3n) is 4.08. The number of anilines is 1. The van der Waals surface area contributed by atoms with E-state index in [1.807, 2.05) is 13.8 Å². The number of piperidine rings is 1. The minimum Gasteiger partial charge on any atom is -0.324 e. The van der Waals surface area contributed by atoms with Gasteiger partial charge in [-0.3, -0.25) is 4.79 Å². The number of hydrogen-bond donors (Lipinski definition) is 2. The second-order valence-corrected chi connectivity index (χ2v) is 6.70. The van der Waals surface area contributed by atoms with Crippen LogP contribution in [-0.2, 0) is 4.79 Å². The van der Waals surface area contributed by atoms with Crippen molar-refractivity contribution in [2.75, 3.05) is 18.4 Å². The highest BCUT2D eigenvalue weighted by Crippen LogP contribution is 2.34. The Balaban J connectivity index is 2.11. The Labute approximate surface area is 127 Å². The molecule has 1 atom stereocenters. The summed E-state index contributed by atoms with van der Waals surface area (Å²) >= 11 is 3.33. The van der Waals surface area contributed by atoms with E-state index in [-0.39, 0.29) is 11.7 Å². The van der Waals surface area contributed by atoms with E-state index in [9.17, 15) is 9.18 Å². The van der Waals surface area contributed by atoms with Crippen LogP contribution in [0.15, 0.2) is 22.7 Å². The maximum Gasteiger partial charge on any atom is 0.230 e. The van der Waals surface area contributed by atoms with Crippen LogP contribution in [-0.4, -0.2) is 19.0 Å². The monoisotopic (exact) mass is 342 g/mol. The van der Waals surface area contributed by atoms with Crippen LogP contribution in [0.25, 0.3) is 0 Å². The molecule has 1 unspecified atom stereocenters. The summed E-state index contributed by atoms with van der Waals surface area (Å²) in [5.74, 6) is -0.137. The van der Waals surface area contributed by atoms with Gasteiger partial charge in [-0.2, -0.15) is 0 Å². The summed E-state index contributed by atoms with van der Waals surface area (Å²) in [5, 5.41) is 6.17. The van der Waals surface area contributed by atoms with Gasteiger partial charge in [-0.15, -0.1) is 0 Å². The summed E-state index contributed by atoms with van der Waals surface area (Å²) in [6.07, 6.45) is 2.13. The van der Waals surface area contributed by atoms with Gasteiger partial charge in [0, 0.05) is 9.89 Å². The van der Waals surface area contributed by atoms with Crippen molar-refractivity contribution in [1.29, 1.82) is 0 Å². The van der Waals surface area contributed by atoms with Gasteiger partial charge in [-0.05, 0) is 66.0 Å². The molecule has 1 heterocycles. The quantitative estimate of drug-likeness (QED) is 0.881. The predicted octanol–water partition coefficient (Wildman–Crippen LogP) is 3.55. The number of hydrogen-bond acceptors (Lipinski definition) is 2. The van der Waals surface area contributed by atoms with Crippen LogP contribution in [0.3, 0.4) is 0 Å². The van der Waals surface area contributed by atoms with Gasteiger partial charge in [0.15, 0.2) is 0 Å². The highest BCUT2D eigenvalue weighted by Gasteiger charge is 2.37. The third kappa shape index (κ3) is 3.38. The van der Waals surface area contributed by atoms with Crippen LogP contribution >= 0.6 is 15.9 Å². The number of rotatable bonds is 3. The lowest BCUT2D eigenvalue weighted by Crippen LogP contribution is -2.44. The highest BCUT2D eigenvalue weighted by molar-refractivity contribution is 9.10. The number of carbonyl (C=O) groups excluding carboxylic acids is 1. The van der Waals surface area contributed by atoms with E-state index in [1.54, 1.807) is 6.07 Å². The fourth-order valence-electron chi connectivity index (χ4n) is 2.53. The van der Waals surface area contributed by atoms with E-state index in [2.05, 4.69) is 26.6 Å². The van der Waals surface area contributed by atoms with E-state index in [4.69, 9.17) is 0 Å². The first kappa shape index (κ1) is 15.4. The van der Waals surface area contributed by atoms with Crippen LogP contribution in [0.2, 0.25) is 0 Å². The van der Waals surface area contributed by atoms with Crippen LogP contribution in [0.5, 0.6) is 0 Å². The minimum atomic E-state index is -0.487. The summed E-state index contributed by atoms with van der Waals surface area (Å²) in [4.78, 5) is 12.5. The number of amides is 1. The average molecular weight is 343 g/mol. The molecule has 1 fully saturated rings. The van der Waals surface area contributed by atoms with Gasteiger partial charge in [-0.25, -0.2) is 4.39 Å². The van der Waals surface area contributed by atoms with Crippen LogP contribution in [0.1, 0.15) is 26.7 Å². The molecule has 1 saturated heterocycles. The first-order chi connectivity index (χ1) is 9.41. The Morgan fingerprint density at radius 3 is 2.90 bits per heavy atom. The predicted molar refractivity (Wildman–Crippen MR) is 82.1 cm³/mol. The van der Waals surface area contributed by atoms with Crippen molar-refractivity contribution in [3.8, 4) is 0 Å². The van der Waals surface area contributed by atoms with Crippen molar-refractivity contribution < 1.29 is 9.18 Å². The third-order valence-corrected chi connectivity index (χ3v) is 4.77. The Bertz CT molecular complexity index is 499. The van der Waals surface area contributed by atoms with Crippen LogP contribution in [0.4, 0.5) is 10.1 Å². The molecule has 110 valence electrons. The Morgan fingerprint density at radius 2 is 2.25 bits per heavy atom. The fraction of sp³-hybridized carbons (Fsp3) is 0.533. The van der Waals surface area contributed by atoms with Crippen molar-refractivity contribution in [2.45, 2.75) is 26.7 Å². The molecule has 0 bridgehead atoms. The fourth-order valence-corrected chi connectivity index (χ4v) is 2.88.